The molecule has 0 fully saturated rings. The van der Waals surface area contributed by atoms with Gasteiger partial charge in [-0.25, -0.2) is 0 Å². The molecule has 0 aliphatic heterocycles. The van der Waals surface area contributed by atoms with Crippen LogP contribution in [0.2, 0.25) is 0 Å². The minimum Gasteiger partial charge on any atom is -0.302 e. The summed E-state index contributed by atoms with van der Waals surface area (Å²) in [5, 5.41) is 0. The fraction of sp³-hybridized carbons (Fsp3) is 1.00. The van der Waals surface area contributed by atoms with Crippen LogP contribution in [0.3, 0.4) is 0 Å². The highest BCUT2D eigenvalue weighted by Crippen LogP contribution is 2.06. The Bertz CT molecular complexity index is 96.1. The topological polar surface area (TPSA) is 21.3 Å². The lowest BCUT2D eigenvalue weighted by molar-refractivity contribution is 0.0264. The van der Waals surface area contributed by atoms with E-state index in [2.05, 4.69) is 19.3 Å². The van der Waals surface area contributed by atoms with Crippen molar-refractivity contribution >= 4 is 0 Å². The number of hydroxylamine groups is 1. The minimum atomic E-state index is 0.501. The summed E-state index contributed by atoms with van der Waals surface area (Å²) >= 11 is 0. The molecule has 0 aliphatic rings. The van der Waals surface area contributed by atoms with E-state index in [1.165, 1.54) is 38.5 Å². The van der Waals surface area contributed by atoms with Crippen molar-refractivity contribution in [1.82, 2.24) is 5.48 Å². The Kier molecular flexibility index (Phi) is 9.94. The third-order valence-corrected chi connectivity index (χ3v) is 2.17. The summed E-state index contributed by atoms with van der Waals surface area (Å²) in [5.41, 5.74) is 3.02. The summed E-state index contributed by atoms with van der Waals surface area (Å²) in [5.74, 6) is 0. The Morgan fingerprint density at radius 2 is 1.77 bits per heavy atom. The molecule has 0 saturated heterocycles. The summed E-state index contributed by atoms with van der Waals surface area (Å²) in [7, 11) is 0. The van der Waals surface area contributed by atoms with Crippen molar-refractivity contribution in [2.75, 3.05) is 6.61 Å². The maximum atomic E-state index is 5.12. The standard InChI is InChI=1S/C11H25NO/c1-4-6-7-8-9-10-11(3)12-13-5-2/h11-12H,4-10H2,1-3H3. The molecule has 0 saturated carbocycles. The van der Waals surface area contributed by atoms with E-state index in [9.17, 15) is 0 Å². The summed E-state index contributed by atoms with van der Waals surface area (Å²) < 4.78 is 0. The van der Waals surface area contributed by atoms with Crippen LogP contribution in [0.5, 0.6) is 0 Å². The largest absolute Gasteiger partial charge is 0.302 e. The van der Waals surface area contributed by atoms with E-state index in [0.29, 0.717) is 6.04 Å². The third-order valence-electron chi connectivity index (χ3n) is 2.17. The highest BCUT2D eigenvalue weighted by Gasteiger charge is 1.99. The zero-order valence-corrected chi connectivity index (χ0v) is 9.44. The van der Waals surface area contributed by atoms with Gasteiger partial charge in [-0.3, -0.25) is 0 Å². The molecule has 0 amide bonds. The second kappa shape index (κ2) is 10.0. The van der Waals surface area contributed by atoms with Crippen molar-refractivity contribution in [3.63, 3.8) is 0 Å². The van der Waals surface area contributed by atoms with Crippen LogP contribution in [0, 0.1) is 0 Å². The van der Waals surface area contributed by atoms with Gasteiger partial charge in [0.05, 0.1) is 6.61 Å². The van der Waals surface area contributed by atoms with Crippen molar-refractivity contribution in [1.29, 1.82) is 0 Å². The van der Waals surface area contributed by atoms with Gasteiger partial charge in [0, 0.05) is 6.04 Å². The van der Waals surface area contributed by atoms with E-state index in [0.717, 1.165) is 6.61 Å². The molecular weight excluding hydrogens is 162 g/mol. The zero-order valence-electron chi connectivity index (χ0n) is 9.44. The van der Waals surface area contributed by atoms with Crippen LogP contribution in [0.4, 0.5) is 0 Å². The summed E-state index contributed by atoms with van der Waals surface area (Å²) in [4.78, 5) is 5.12. The molecule has 0 heterocycles. The molecule has 80 valence electrons. The van der Waals surface area contributed by atoms with E-state index in [1.54, 1.807) is 0 Å². The van der Waals surface area contributed by atoms with Crippen molar-refractivity contribution in [3.05, 3.63) is 0 Å². The Labute approximate surface area is 83.0 Å². The predicted octanol–water partition coefficient (Wildman–Crippen LogP) is 3.28. The lowest BCUT2D eigenvalue weighted by Crippen LogP contribution is -2.25. The fourth-order valence-corrected chi connectivity index (χ4v) is 1.34. The molecule has 13 heavy (non-hydrogen) atoms. The Morgan fingerprint density at radius 3 is 2.38 bits per heavy atom. The average molecular weight is 187 g/mol. The molecule has 0 radical (unpaired) electrons. The van der Waals surface area contributed by atoms with E-state index < -0.39 is 0 Å². The van der Waals surface area contributed by atoms with Gasteiger partial charge in [0.25, 0.3) is 0 Å². The van der Waals surface area contributed by atoms with Crippen LogP contribution in [0.25, 0.3) is 0 Å². The number of hydrogen-bond acceptors (Lipinski definition) is 2. The minimum absolute atomic E-state index is 0.501. The number of unbranched alkanes of at least 4 members (excludes halogenated alkanes) is 4. The molecule has 0 aromatic carbocycles. The van der Waals surface area contributed by atoms with Crippen LogP contribution in [0.15, 0.2) is 0 Å². The Hall–Kier alpha value is -0.0800. The first-order chi connectivity index (χ1) is 6.31. The van der Waals surface area contributed by atoms with Gasteiger partial charge in [-0.2, -0.15) is 5.48 Å². The van der Waals surface area contributed by atoms with Crippen LogP contribution < -0.4 is 5.48 Å². The quantitative estimate of drug-likeness (QED) is 0.442. The second-order valence-electron chi connectivity index (χ2n) is 3.65. The number of nitrogens with one attached hydrogen (secondary N) is 1. The number of rotatable bonds is 9. The lowest BCUT2D eigenvalue weighted by Gasteiger charge is -2.12. The molecule has 1 atom stereocenters. The maximum absolute atomic E-state index is 5.12. The molecule has 0 aromatic rings. The second-order valence-corrected chi connectivity index (χ2v) is 3.65. The first kappa shape index (κ1) is 12.9. The maximum Gasteiger partial charge on any atom is 0.0654 e. The monoisotopic (exact) mass is 187 g/mol. The molecular formula is C11H25NO. The normalized spacial score (nSPS) is 13.2. The van der Waals surface area contributed by atoms with Gasteiger partial charge in [0.1, 0.15) is 0 Å². The van der Waals surface area contributed by atoms with Crippen LogP contribution in [0.1, 0.15) is 59.3 Å². The molecule has 2 heteroatoms. The summed E-state index contributed by atoms with van der Waals surface area (Å²) in [6.45, 7) is 7.18. The van der Waals surface area contributed by atoms with Crippen molar-refractivity contribution in [2.45, 2.75) is 65.3 Å². The molecule has 1 N–H and O–H groups in total. The summed E-state index contributed by atoms with van der Waals surface area (Å²) in [6, 6.07) is 0.501. The highest BCUT2D eigenvalue weighted by atomic mass is 16.6. The van der Waals surface area contributed by atoms with Gasteiger partial charge in [-0.1, -0.05) is 39.0 Å². The van der Waals surface area contributed by atoms with E-state index >= 15 is 0 Å². The Balaban J connectivity index is 3.03. The van der Waals surface area contributed by atoms with Crippen LogP contribution >= 0.6 is 0 Å². The third kappa shape index (κ3) is 9.84. The van der Waals surface area contributed by atoms with Gasteiger partial charge in [0.2, 0.25) is 0 Å². The first-order valence-corrected chi connectivity index (χ1v) is 5.68. The van der Waals surface area contributed by atoms with Gasteiger partial charge in [-0.05, 0) is 20.3 Å². The molecule has 1 unspecified atom stereocenters. The van der Waals surface area contributed by atoms with Crippen molar-refractivity contribution in [2.24, 2.45) is 0 Å². The molecule has 0 bridgehead atoms. The van der Waals surface area contributed by atoms with Gasteiger partial charge < -0.3 is 4.84 Å². The van der Waals surface area contributed by atoms with Gasteiger partial charge >= 0.3 is 0 Å². The molecule has 0 aliphatic carbocycles. The first-order valence-electron chi connectivity index (χ1n) is 5.68. The van der Waals surface area contributed by atoms with Crippen LogP contribution in [-0.2, 0) is 4.84 Å². The highest BCUT2D eigenvalue weighted by molar-refractivity contribution is 4.54. The molecule has 0 rings (SSSR count). The number of hydrogen-bond donors (Lipinski definition) is 1. The van der Waals surface area contributed by atoms with Gasteiger partial charge in [0.15, 0.2) is 0 Å². The smallest absolute Gasteiger partial charge is 0.0654 e. The van der Waals surface area contributed by atoms with Gasteiger partial charge in [-0.15, -0.1) is 0 Å². The SMILES string of the molecule is CCCCCCCC(C)NOCC. The summed E-state index contributed by atoms with van der Waals surface area (Å²) in [6.07, 6.45) is 8.01. The lowest BCUT2D eigenvalue weighted by atomic mass is 10.1. The van der Waals surface area contributed by atoms with Crippen molar-refractivity contribution in [3.8, 4) is 0 Å². The van der Waals surface area contributed by atoms with Crippen LogP contribution in [-0.4, -0.2) is 12.6 Å². The van der Waals surface area contributed by atoms with E-state index in [-0.39, 0.29) is 0 Å². The fourth-order valence-electron chi connectivity index (χ4n) is 1.34. The Morgan fingerprint density at radius 1 is 1.08 bits per heavy atom. The molecule has 2 nitrogen and oxygen atoms in total. The average Bonchev–Trinajstić information content (AvgIpc) is 2.14. The molecule has 0 aromatic heterocycles. The zero-order chi connectivity index (χ0) is 9.94. The van der Waals surface area contributed by atoms with E-state index in [4.69, 9.17) is 4.84 Å². The van der Waals surface area contributed by atoms with Crippen molar-refractivity contribution < 1.29 is 4.84 Å². The molecule has 0 spiro atoms. The van der Waals surface area contributed by atoms with E-state index in [1.807, 2.05) is 6.92 Å². The predicted molar refractivity (Wildman–Crippen MR) is 57.6 cm³/mol.